The van der Waals surface area contributed by atoms with Gasteiger partial charge in [-0.15, -0.1) is 0 Å². The number of methoxy groups -OCH3 is 2. The number of esters is 2. The van der Waals surface area contributed by atoms with Crippen molar-refractivity contribution in [3.05, 3.63) is 119 Å². The standard InChI is InChI=1S/C30H20N2O4/c1-35-29(33)25-17-24(18-26(20-25)30(34)36-2)13-11-22-8-6-21(7-9-22)10-12-23-14-16-32-28(19-23)27-5-3-4-15-31-27/h3-9,14-20H,1-2H3. The van der Waals surface area contributed by atoms with E-state index in [2.05, 4.69) is 33.6 Å². The van der Waals surface area contributed by atoms with E-state index in [4.69, 9.17) is 9.47 Å². The average Bonchev–Trinajstić information content (AvgIpc) is 2.95. The Morgan fingerprint density at radius 3 is 1.69 bits per heavy atom. The van der Waals surface area contributed by atoms with Gasteiger partial charge in [0.15, 0.2) is 0 Å². The highest BCUT2D eigenvalue weighted by Crippen LogP contribution is 2.15. The van der Waals surface area contributed by atoms with Crippen molar-refractivity contribution in [3.8, 4) is 35.1 Å². The third-order valence-electron chi connectivity index (χ3n) is 5.05. The van der Waals surface area contributed by atoms with Crippen molar-refractivity contribution in [1.29, 1.82) is 0 Å². The predicted molar refractivity (Wildman–Crippen MR) is 135 cm³/mol. The first-order valence-corrected chi connectivity index (χ1v) is 10.9. The zero-order valence-electron chi connectivity index (χ0n) is 19.6. The van der Waals surface area contributed by atoms with Crippen LogP contribution in [0.4, 0.5) is 0 Å². The first-order valence-electron chi connectivity index (χ1n) is 10.9. The fourth-order valence-corrected chi connectivity index (χ4v) is 3.26. The smallest absolute Gasteiger partial charge is 0.337 e. The SMILES string of the molecule is COC(=O)c1cc(C#Cc2ccc(C#Cc3ccnc(-c4ccccn4)c3)cc2)cc(C(=O)OC)c1. The lowest BCUT2D eigenvalue weighted by atomic mass is 10.0. The lowest BCUT2D eigenvalue weighted by Crippen LogP contribution is -2.07. The maximum atomic E-state index is 12.0. The number of hydrogen-bond donors (Lipinski definition) is 0. The van der Waals surface area contributed by atoms with Crippen LogP contribution in [0.15, 0.2) is 85.2 Å². The Morgan fingerprint density at radius 2 is 1.14 bits per heavy atom. The summed E-state index contributed by atoms with van der Waals surface area (Å²) in [5, 5.41) is 0. The van der Waals surface area contributed by atoms with E-state index in [-0.39, 0.29) is 11.1 Å². The molecule has 0 unspecified atom stereocenters. The molecule has 0 fully saturated rings. The van der Waals surface area contributed by atoms with E-state index < -0.39 is 11.9 Å². The molecule has 6 heteroatoms. The molecular formula is C30H20N2O4. The third-order valence-corrected chi connectivity index (χ3v) is 5.05. The number of ether oxygens (including phenoxy) is 2. The topological polar surface area (TPSA) is 78.4 Å². The average molecular weight is 473 g/mol. The highest BCUT2D eigenvalue weighted by molar-refractivity contribution is 5.96. The Bertz CT molecular complexity index is 1500. The quantitative estimate of drug-likeness (QED) is 0.322. The van der Waals surface area contributed by atoms with Crippen molar-refractivity contribution in [3.63, 3.8) is 0 Å². The van der Waals surface area contributed by atoms with Crippen molar-refractivity contribution < 1.29 is 19.1 Å². The predicted octanol–water partition coefficient (Wildman–Crippen LogP) is 4.52. The van der Waals surface area contributed by atoms with E-state index in [0.717, 1.165) is 28.1 Å². The summed E-state index contributed by atoms with van der Waals surface area (Å²) in [5.41, 5.74) is 4.90. The summed E-state index contributed by atoms with van der Waals surface area (Å²) in [6, 6.07) is 21.5. The van der Waals surface area contributed by atoms with Gasteiger partial charge in [-0.1, -0.05) is 29.7 Å². The molecular weight excluding hydrogens is 452 g/mol. The van der Waals surface area contributed by atoms with Gasteiger partial charge in [-0.2, -0.15) is 0 Å². The molecule has 0 saturated carbocycles. The largest absolute Gasteiger partial charge is 0.465 e. The second kappa shape index (κ2) is 11.3. The first kappa shape index (κ1) is 23.9. The molecule has 174 valence electrons. The van der Waals surface area contributed by atoms with Crippen LogP contribution < -0.4 is 0 Å². The minimum absolute atomic E-state index is 0.220. The molecule has 0 radical (unpaired) electrons. The summed E-state index contributed by atoms with van der Waals surface area (Å²) < 4.78 is 9.52. The van der Waals surface area contributed by atoms with E-state index in [0.29, 0.717) is 5.56 Å². The molecule has 2 heterocycles. The van der Waals surface area contributed by atoms with Crippen LogP contribution in [0, 0.1) is 23.7 Å². The van der Waals surface area contributed by atoms with Crippen LogP contribution in [-0.2, 0) is 9.47 Å². The maximum Gasteiger partial charge on any atom is 0.337 e. The van der Waals surface area contributed by atoms with Crippen LogP contribution in [-0.4, -0.2) is 36.1 Å². The number of rotatable bonds is 3. The van der Waals surface area contributed by atoms with Crippen molar-refractivity contribution >= 4 is 11.9 Å². The summed E-state index contributed by atoms with van der Waals surface area (Å²) in [4.78, 5) is 32.6. The lowest BCUT2D eigenvalue weighted by Gasteiger charge is -2.04. The second-order valence-electron chi connectivity index (χ2n) is 7.50. The maximum absolute atomic E-state index is 12.0. The molecule has 4 rings (SSSR count). The Hall–Kier alpha value is -5.20. The zero-order valence-corrected chi connectivity index (χ0v) is 19.6. The Kier molecular flexibility index (Phi) is 7.51. The molecule has 0 N–H and O–H groups in total. The number of carbonyl (C=O) groups excluding carboxylic acids is 2. The molecule has 0 aliphatic rings. The molecule has 0 amide bonds. The Morgan fingerprint density at radius 1 is 0.583 bits per heavy atom. The molecule has 2 aromatic carbocycles. The van der Waals surface area contributed by atoms with Crippen molar-refractivity contribution in [2.45, 2.75) is 0 Å². The van der Waals surface area contributed by atoms with Gasteiger partial charge in [0.05, 0.1) is 36.7 Å². The Labute approximate surface area is 209 Å². The summed E-state index contributed by atoms with van der Waals surface area (Å²) >= 11 is 0. The normalized spacial score (nSPS) is 9.72. The van der Waals surface area contributed by atoms with Gasteiger partial charge >= 0.3 is 11.9 Å². The minimum atomic E-state index is -0.562. The first-order chi connectivity index (χ1) is 17.6. The zero-order chi connectivity index (χ0) is 25.3. The van der Waals surface area contributed by atoms with Crippen LogP contribution in [0.5, 0.6) is 0 Å². The molecule has 0 aliphatic heterocycles. The summed E-state index contributed by atoms with van der Waals surface area (Å²) in [6.45, 7) is 0. The van der Waals surface area contributed by atoms with Gasteiger partial charge in [0, 0.05) is 34.6 Å². The number of benzene rings is 2. The van der Waals surface area contributed by atoms with E-state index in [1.807, 2.05) is 54.6 Å². The number of nitrogens with zero attached hydrogens (tertiary/aromatic N) is 2. The monoisotopic (exact) mass is 472 g/mol. The minimum Gasteiger partial charge on any atom is -0.465 e. The van der Waals surface area contributed by atoms with E-state index >= 15 is 0 Å². The molecule has 0 saturated heterocycles. The summed E-state index contributed by atoms with van der Waals surface area (Å²) in [5.74, 6) is 11.2. The van der Waals surface area contributed by atoms with Gasteiger partial charge in [0.25, 0.3) is 0 Å². The summed E-state index contributed by atoms with van der Waals surface area (Å²) in [7, 11) is 2.55. The molecule has 2 aromatic heterocycles. The second-order valence-corrected chi connectivity index (χ2v) is 7.50. The molecule has 6 nitrogen and oxygen atoms in total. The van der Waals surface area contributed by atoms with Gasteiger partial charge < -0.3 is 9.47 Å². The van der Waals surface area contributed by atoms with Gasteiger partial charge in [0.1, 0.15) is 0 Å². The van der Waals surface area contributed by atoms with Crippen molar-refractivity contribution in [2.75, 3.05) is 14.2 Å². The van der Waals surface area contributed by atoms with E-state index in [1.54, 1.807) is 24.5 Å². The van der Waals surface area contributed by atoms with Crippen LogP contribution >= 0.6 is 0 Å². The number of hydrogen-bond acceptors (Lipinski definition) is 6. The number of aromatic nitrogens is 2. The fraction of sp³-hybridized carbons (Fsp3) is 0.0667. The molecule has 0 spiro atoms. The highest BCUT2D eigenvalue weighted by Gasteiger charge is 2.13. The number of carbonyl (C=O) groups is 2. The van der Waals surface area contributed by atoms with Gasteiger partial charge in [-0.3, -0.25) is 9.97 Å². The van der Waals surface area contributed by atoms with E-state index in [9.17, 15) is 9.59 Å². The van der Waals surface area contributed by atoms with Crippen LogP contribution in [0.25, 0.3) is 11.4 Å². The van der Waals surface area contributed by atoms with Crippen molar-refractivity contribution in [1.82, 2.24) is 9.97 Å². The molecule has 0 bridgehead atoms. The summed E-state index contributed by atoms with van der Waals surface area (Å²) in [6.07, 6.45) is 3.45. The van der Waals surface area contributed by atoms with E-state index in [1.165, 1.54) is 20.3 Å². The third kappa shape index (κ3) is 6.02. The van der Waals surface area contributed by atoms with Gasteiger partial charge in [-0.25, -0.2) is 9.59 Å². The Balaban J connectivity index is 1.53. The molecule has 4 aromatic rings. The number of pyridine rings is 2. The van der Waals surface area contributed by atoms with Crippen LogP contribution in [0.2, 0.25) is 0 Å². The molecule has 0 atom stereocenters. The van der Waals surface area contributed by atoms with Crippen LogP contribution in [0.1, 0.15) is 43.0 Å². The van der Waals surface area contributed by atoms with Crippen molar-refractivity contribution in [2.24, 2.45) is 0 Å². The fourth-order valence-electron chi connectivity index (χ4n) is 3.26. The lowest BCUT2D eigenvalue weighted by molar-refractivity contribution is 0.0599. The molecule has 0 aliphatic carbocycles. The highest BCUT2D eigenvalue weighted by atomic mass is 16.5. The van der Waals surface area contributed by atoms with Gasteiger partial charge in [-0.05, 0) is 66.7 Å². The van der Waals surface area contributed by atoms with Crippen LogP contribution in [0.3, 0.4) is 0 Å². The molecule has 36 heavy (non-hydrogen) atoms. The van der Waals surface area contributed by atoms with Gasteiger partial charge in [0.2, 0.25) is 0 Å².